The Bertz CT molecular complexity index is 3320. The molecule has 1 unspecified atom stereocenters. The molecule has 5 heteroatoms. The molecule has 0 bridgehead atoms. The second kappa shape index (κ2) is 9.56. The molecule has 0 saturated carbocycles. The maximum absolute atomic E-state index is 2.80. The van der Waals surface area contributed by atoms with Gasteiger partial charge in [0.2, 0.25) is 0 Å². The first-order valence-electron chi connectivity index (χ1n) is 21.3. The molecule has 5 aromatic carbocycles. The van der Waals surface area contributed by atoms with E-state index in [1.807, 2.05) is 0 Å². The van der Waals surface area contributed by atoms with E-state index in [1.165, 1.54) is 118 Å². The Morgan fingerprint density at radius 3 is 1.74 bits per heavy atom. The molecular weight excluding hydrogens is 707 g/mol. The van der Waals surface area contributed by atoms with Crippen molar-refractivity contribution >= 4 is 56.1 Å². The van der Waals surface area contributed by atoms with Crippen molar-refractivity contribution in [3.63, 3.8) is 0 Å². The molecule has 5 nitrogen and oxygen atoms in total. The minimum Gasteiger partial charge on any atom is -0.308 e. The van der Waals surface area contributed by atoms with Crippen molar-refractivity contribution in [3.8, 4) is 17.2 Å². The molecule has 0 radical (unpaired) electrons. The van der Waals surface area contributed by atoms with E-state index in [-0.39, 0.29) is 10.8 Å². The van der Waals surface area contributed by atoms with Crippen molar-refractivity contribution in [1.29, 1.82) is 0 Å². The fourth-order valence-corrected chi connectivity index (χ4v) is 12.6. The van der Waals surface area contributed by atoms with Gasteiger partial charge in [0.15, 0.2) is 22.6 Å². The first-order valence-corrected chi connectivity index (χ1v) is 21.3. The molecular formula is C53H45N5+2. The van der Waals surface area contributed by atoms with Crippen LogP contribution in [0.1, 0.15) is 112 Å². The molecule has 9 heterocycles. The number of rotatable bonds is 2. The van der Waals surface area contributed by atoms with Crippen LogP contribution >= 0.6 is 0 Å². The molecule has 280 valence electrons. The van der Waals surface area contributed by atoms with E-state index in [1.54, 1.807) is 0 Å². The van der Waals surface area contributed by atoms with Crippen LogP contribution in [0.5, 0.6) is 0 Å². The molecule has 8 aromatic rings. The fourth-order valence-electron chi connectivity index (χ4n) is 12.6. The topological polar surface area (TPSA) is 19.2 Å². The highest BCUT2D eigenvalue weighted by Crippen LogP contribution is 2.68. The van der Waals surface area contributed by atoms with Gasteiger partial charge in [-0.05, 0) is 82.6 Å². The SMILES string of the molecule is CC(C)c1cc2[n+]3c(c1)N1c4ccccc4C(C)(C)c4ccc5c(c41)C31c3c4c(cc6c7ccccc7n(c36)-c3cc(C(C)C)cc-2[n+]31)C(C)(C)c1ccccc1N54. The summed E-state index contributed by atoms with van der Waals surface area (Å²) in [6.07, 6.45) is 0. The summed E-state index contributed by atoms with van der Waals surface area (Å²) in [4.78, 5) is 5.35. The highest BCUT2D eigenvalue weighted by molar-refractivity contribution is 6.15. The van der Waals surface area contributed by atoms with E-state index < -0.39 is 5.66 Å². The summed E-state index contributed by atoms with van der Waals surface area (Å²) in [5.74, 6) is 3.20. The first-order chi connectivity index (χ1) is 28.0. The molecule has 0 amide bonds. The third-order valence-electron chi connectivity index (χ3n) is 15.3. The first kappa shape index (κ1) is 31.8. The van der Waals surface area contributed by atoms with Crippen LogP contribution in [0.3, 0.4) is 0 Å². The molecule has 0 N–H and O–H groups in total. The molecule has 6 aliphatic heterocycles. The van der Waals surface area contributed by atoms with Crippen molar-refractivity contribution in [3.05, 3.63) is 160 Å². The Hall–Kier alpha value is -6.20. The number of hydrogen-bond donors (Lipinski definition) is 0. The second-order valence-corrected chi connectivity index (χ2v) is 19.4. The number of para-hydroxylation sites is 3. The van der Waals surface area contributed by atoms with Gasteiger partial charge in [-0.1, -0.05) is 110 Å². The molecule has 6 aliphatic rings. The average Bonchev–Trinajstić information content (AvgIpc) is 3.71. The van der Waals surface area contributed by atoms with Gasteiger partial charge in [0.1, 0.15) is 22.3 Å². The van der Waals surface area contributed by atoms with E-state index >= 15 is 0 Å². The molecule has 58 heavy (non-hydrogen) atoms. The normalized spacial score (nSPS) is 19.3. The fraction of sp³-hybridized carbons (Fsp3) is 0.245. The molecule has 0 saturated heterocycles. The van der Waals surface area contributed by atoms with E-state index in [9.17, 15) is 0 Å². The Morgan fingerprint density at radius 2 is 1.05 bits per heavy atom. The van der Waals surface area contributed by atoms with Crippen LogP contribution in [0.15, 0.2) is 115 Å². The highest BCUT2D eigenvalue weighted by atomic mass is 15.5. The molecule has 0 aliphatic carbocycles. The highest BCUT2D eigenvalue weighted by Gasteiger charge is 2.72. The van der Waals surface area contributed by atoms with Gasteiger partial charge in [0, 0.05) is 44.9 Å². The Morgan fingerprint density at radius 1 is 0.483 bits per heavy atom. The number of anilines is 6. The molecule has 1 atom stereocenters. The minimum absolute atomic E-state index is 0.228. The van der Waals surface area contributed by atoms with E-state index in [0.717, 1.165) is 0 Å². The van der Waals surface area contributed by atoms with Gasteiger partial charge in [-0.3, -0.25) is 0 Å². The van der Waals surface area contributed by atoms with Gasteiger partial charge >= 0.3 is 5.66 Å². The lowest BCUT2D eigenvalue weighted by Crippen LogP contribution is -2.76. The van der Waals surface area contributed by atoms with Crippen LogP contribution < -0.4 is 18.9 Å². The standard InChI is InChI=1S/C53H45N5/c1-28(2)30-23-42-43-24-31(29(3)4)26-45-56-40-20-14-11-17-35(40)51(5,6)36-21-22-41-46(49(36)56)53(58(43)45)47-48-33(32-15-9-12-18-38(32)55(48)44(25-30)57(42)53)27-37-50(47)54(41)39-19-13-10-16-34(39)52(37,7)8/h9-29H,1-8H3/q+2. The Kier molecular flexibility index (Phi) is 5.25. The molecule has 0 fully saturated rings. The Labute approximate surface area is 339 Å². The second-order valence-electron chi connectivity index (χ2n) is 19.4. The number of nitrogens with zero attached hydrogens (tertiary/aromatic N) is 5. The van der Waals surface area contributed by atoms with Gasteiger partial charge in [-0.25, -0.2) is 0 Å². The monoisotopic (exact) mass is 751 g/mol. The van der Waals surface area contributed by atoms with Crippen LogP contribution in [0.2, 0.25) is 0 Å². The third kappa shape index (κ3) is 3.09. The van der Waals surface area contributed by atoms with E-state index in [4.69, 9.17) is 0 Å². The van der Waals surface area contributed by atoms with Gasteiger partial charge in [0.05, 0.1) is 17.1 Å². The van der Waals surface area contributed by atoms with Gasteiger partial charge in [0.25, 0.3) is 11.6 Å². The van der Waals surface area contributed by atoms with Crippen molar-refractivity contribution in [2.45, 2.75) is 83.7 Å². The van der Waals surface area contributed by atoms with E-state index in [2.05, 4.69) is 194 Å². The van der Waals surface area contributed by atoms with Crippen LogP contribution in [0, 0.1) is 0 Å². The maximum Gasteiger partial charge on any atom is 0.319 e. The predicted molar refractivity (Wildman–Crippen MR) is 234 cm³/mol. The van der Waals surface area contributed by atoms with Crippen LogP contribution in [0.4, 0.5) is 34.3 Å². The van der Waals surface area contributed by atoms with Crippen molar-refractivity contribution in [1.82, 2.24) is 4.57 Å². The number of benzene rings is 5. The predicted octanol–water partition coefficient (Wildman–Crippen LogP) is 12.0. The van der Waals surface area contributed by atoms with Gasteiger partial charge in [-0.15, -0.1) is 0 Å². The third-order valence-corrected chi connectivity index (χ3v) is 15.3. The van der Waals surface area contributed by atoms with Crippen molar-refractivity contribution in [2.75, 3.05) is 9.80 Å². The number of pyridine rings is 2. The summed E-state index contributed by atoms with van der Waals surface area (Å²) in [5.41, 5.74) is 21.5. The zero-order chi connectivity index (χ0) is 39.1. The summed E-state index contributed by atoms with van der Waals surface area (Å²) in [5, 5.41) is 2.65. The lowest BCUT2D eigenvalue weighted by molar-refractivity contribution is -0.931. The quantitative estimate of drug-likeness (QED) is 0.164. The van der Waals surface area contributed by atoms with E-state index in [0.29, 0.717) is 11.8 Å². The molecule has 3 aromatic heterocycles. The zero-order valence-corrected chi connectivity index (χ0v) is 34.4. The zero-order valence-electron chi connectivity index (χ0n) is 34.4. The number of hydrogen-bond acceptors (Lipinski definition) is 2. The smallest absolute Gasteiger partial charge is 0.308 e. The summed E-state index contributed by atoms with van der Waals surface area (Å²) < 4.78 is 8.24. The number of aromatic nitrogens is 3. The summed E-state index contributed by atoms with van der Waals surface area (Å²) in [6.45, 7) is 19.2. The summed E-state index contributed by atoms with van der Waals surface area (Å²) in [6, 6.07) is 45.3. The number of fused-ring (bicyclic) bond motifs is 11. The molecule has 1 spiro atoms. The van der Waals surface area contributed by atoms with Crippen LogP contribution in [-0.4, -0.2) is 4.57 Å². The van der Waals surface area contributed by atoms with Crippen LogP contribution in [0.25, 0.3) is 39.0 Å². The van der Waals surface area contributed by atoms with Gasteiger partial charge < -0.3 is 4.90 Å². The maximum atomic E-state index is 2.80. The van der Waals surface area contributed by atoms with Crippen LogP contribution in [-0.2, 0) is 16.5 Å². The molecule has 14 rings (SSSR count). The average molecular weight is 752 g/mol. The van der Waals surface area contributed by atoms with Crippen molar-refractivity contribution in [2.24, 2.45) is 0 Å². The lowest BCUT2D eigenvalue weighted by Gasteiger charge is -2.52. The summed E-state index contributed by atoms with van der Waals surface area (Å²) in [7, 11) is 0. The lowest BCUT2D eigenvalue weighted by atomic mass is 9.66. The minimum atomic E-state index is -0.688. The Balaban J connectivity index is 1.32. The largest absolute Gasteiger partial charge is 0.319 e. The summed E-state index contributed by atoms with van der Waals surface area (Å²) >= 11 is 0. The van der Waals surface area contributed by atoms with Gasteiger partial charge in [-0.2, -0.15) is 18.6 Å². The van der Waals surface area contributed by atoms with Crippen molar-refractivity contribution < 1.29 is 9.13 Å².